The Morgan fingerprint density at radius 3 is 1.38 bits per heavy atom. The van der Waals surface area contributed by atoms with Gasteiger partial charge in [0.05, 0.1) is 13.2 Å². The average molecular weight is 188 g/mol. The highest BCUT2D eigenvalue weighted by Crippen LogP contribution is 2.01. The van der Waals surface area contributed by atoms with Crippen LogP contribution in [0.1, 0.15) is 27.7 Å². The van der Waals surface area contributed by atoms with Crippen LogP contribution in [0.5, 0.6) is 0 Å². The van der Waals surface area contributed by atoms with E-state index >= 15 is 0 Å². The topological polar surface area (TPSA) is 61.3 Å². The van der Waals surface area contributed by atoms with Gasteiger partial charge in [-0.25, -0.2) is 0 Å². The van der Waals surface area contributed by atoms with Gasteiger partial charge in [-0.05, 0) is 11.8 Å². The Kier molecular flexibility index (Phi) is 6.29. The zero-order chi connectivity index (χ0) is 10.4. The van der Waals surface area contributed by atoms with Gasteiger partial charge in [0.2, 0.25) is 0 Å². The van der Waals surface area contributed by atoms with E-state index in [0.29, 0.717) is 25.0 Å². The number of rotatable bonds is 6. The molecule has 4 N–H and O–H groups in total. The molecule has 0 aromatic rings. The molecule has 0 saturated heterocycles. The van der Waals surface area contributed by atoms with Crippen LogP contribution >= 0.6 is 0 Å². The smallest absolute Gasteiger partial charge is 0.0620 e. The zero-order valence-corrected chi connectivity index (χ0v) is 9.29. The zero-order valence-electron chi connectivity index (χ0n) is 9.29. The summed E-state index contributed by atoms with van der Waals surface area (Å²) >= 11 is 0. The summed E-state index contributed by atoms with van der Waals surface area (Å²) in [5.74, 6) is 0.936. The lowest BCUT2D eigenvalue weighted by Crippen LogP contribution is -2.36. The second-order valence-electron chi connectivity index (χ2n) is 4.35. The number of hydrogen-bond acceptors (Lipinski definition) is 3. The van der Waals surface area contributed by atoms with Crippen molar-refractivity contribution in [3.8, 4) is 0 Å². The fraction of sp³-hybridized carbons (Fsp3) is 1.00. The molecule has 0 aliphatic rings. The van der Waals surface area contributed by atoms with Crippen LogP contribution in [0, 0.1) is 11.8 Å². The van der Waals surface area contributed by atoms with Crippen molar-refractivity contribution >= 4 is 0 Å². The van der Waals surface area contributed by atoms with E-state index in [1.54, 1.807) is 0 Å². The molecule has 0 radical (unpaired) electrons. The maximum atomic E-state index is 5.81. The summed E-state index contributed by atoms with van der Waals surface area (Å²) in [5.41, 5.74) is 11.6. The summed E-state index contributed by atoms with van der Waals surface area (Å²) in [5, 5.41) is 0. The Morgan fingerprint density at radius 1 is 0.846 bits per heavy atom. The molecule has 0 aliphatic carbocycles. The minimum atomic E-state index is 0.124. The molecule has 0 unspecified atom stereocenters. The van der Waals surface area contributed by atoms with E-state index in [9.17, 15) is 0 Å². The molecule has 0 rings (SSSR count). The van der Waals surface area contributed by atoms with Crippen LogP contribution in [0.2, 0.25) is 0 Å². The highest BCUT2D eigenvalue weighted by atomic mass is 16.5. The second kappa shape index (κ2) is 6.35. The molecular formula is C10H24N2O. The average Bonchev–Trinajstić information content (AvgIpc) is 2.03. The lowest BCUT2D eigenvalue weighted by molar-refractivity contribution is 0.0895. The largest absolute Gasteiger partial charge is 0.378 e. The SMILES string of the molecule is CC(C)[C@H](N)COC[C@@H](N)C(C)C. The van der Waals surface area contributed by atoms with Gasteiger partial charge in [0.15, 0.2) is 0 Å². The normalized spacial score (nSPS) is 16.6. The number of hydrogen-bond donors (Lipinski definition) is 2. The van der Waals surface area contributed by atoms with Crippen molar-refractivity contribution in [3.63, 3.8) is 0 Å². The predicted molar refractivity (Wildman–Crippen MR) is 56.4 cm³/mol. The van der Waals surface area contributed by atoms with E-state index in [-0.39, 0.29) is 12.1 Å². The minimum absolute atomic E-state index is 0.124. The standard InChI is InChI=1S/C10H24N2O/c1-7(2)9(11)5-13-6-10(12)8(3)4/h7-10H,5-6,11-12H2,1-4H3/t9-,10-/m1/s1. The molecule has 2 atom stereocenters. The van der Waals surface area contributed by atoms with Crippen LogP contribution < -0.4 is 11.5 Å². The van der Waals surface area contributed by atoms with Crippen LogP contribution in [0.4, 0.5) is 0 Å². The summed E-state index contributed by atoms with van der Waals surface area (Å²) in [6.45, 7) is 9.59. The van der Waals surface area contributed by atoms with Gasteiger partial charge in [0, 0.05) is 12.1 Å². The fourth-order valence-electron chi connectivity index (χ4n) is 0.725. The van der Waals surface area contributed by atoms with Gasteiger partial charge in [-0.3, -0.25) is 0 Å². The van der Waals surface area contributed by atoms with Gasteiger partial charge in [0.1, 0.15) is 0 Å². The van der Waals surface area contributed by atoms with E-state index < -0.39 is 0 Å². The van der Waals surface area contributed by atoms with Gasteiger partial charge >= 0.3 is 0 Å². The van der Waals surface area contributed by atoms with E-state index in [1.165, 1.54) is 0 Å². The van der Waals surface area contributed by atoms with Crippen molar-refractivity contribution in [1.29, 1.82) is 0 Å². The predicted octanol–water partition coefficient (Wildman–Crippen LogP) is 0.970. The lowest BCUT2D eigenvalue weighted by Gasteiger charge is -2.19. The molecule has 3 nitrogen and oxygen atoms in total. The molecule has 0 saturated carbocycles. The van der Waals surface area contributed by atoms with Gasteiger partial charge < -0.3 is 16.2 Å². The number of nitrogens with two attached hydrogens (primary N) is 2. The summed E-state index contributed by atoms with van der Waals surface area (Å²) < 4.78 is 5.43. The summed E-state index contributed by atoms with van der Waals surface area (Å²) in [4.78, 5) is 0. The van der Waals surface area contributed by atoms with Crippen molar-refractivity contribution < 1.29 is 4.74 Å². The molecule has 0 aromatic carbocycles. The third-order valence-corrected chi connectivity index (χ3v) is 2.33. The quantitative estimate of drug-likeness (QED) is 0.653. The van der Waals surface area contributed by atoms with Crippen LogP contribution in [0.15, 0.2) is 0 Å². The number of ether oxygens (including phenoxy) is 1. The van der Waals surface area contributed by atoms with Gasteiger partial charge in [-0.2, -0.15) is 0 Å². The maximum Gasteiger partial charge on any atom is 0.0620 e. The summed E-state index contributed by atoms with van der Waals surface area (Å²) in [6, 6.07) is 0.249. The Bertz CT molecular complexity index is 112. The third kappa shape index (κ3) is 6.02. The molecule has 13 heavy (non-hydrogen) atoms. The summed E-state index contributed by atoms with van der Waals surface area (Å²) in [7, 11) is 0. The molecule has 0 amide bonds. The van der Waals surface area contributed by atoms with E-state index in [4.69, 9.17) is 16.2 Å². The van der Waals surface area contributed by atoms with E-state index in [0.717, 1.165) is 0 Å². The maximum absolute atomic E-state index is 5.81. The molecular weight excluding hydrogens is 164 g/mol. The van der Waals surface area contributed by atoms with E-state index in [1.807, 2.05) is 0 Å². The van der Waals surface area contributed by atoms with Crippen LogP contribution in [0.25, 0.3) is 0 Å². The summed E-state index contributed by atoms with van der Waals surface area (Å²) in [6.07, 6.45) is 0. The molecule has 3 heteroatoms. The van der Waals surface area contributed by atoms with Crippen molar-refractivity contribution in [2.45, 2.75) is 39.8 Å². The van der Waals surface area contributed by atoms with Crippen molar-refractivity contribution in [2.24, 2.45) is 23.3 Å². The van der Waals surface area contributed by atoms with Crippen molar-refractivity contribution in [1.82, 2.24) is 0 Å². The monoisotopic (exact) mass is 188 g/mol. The Morgan fingerprint density at radius 2 is 1.15 bits per heavy atom. The first kappa shape index (κ1) is 12.9. The van der Waals surface area contributed by atoms with E-state index in [2.05, 4.69) is 27.7 Å². The van der Waals surface area contributed by atoms with Crippen LogP contribution in [-0.2, 0) is 4.74 Å². The lowest BCUT2D eigenvalue weighted by atomic mass is 10.1. The molecule has 0 bridgehead atoms. The third-order valence-electron chi connectivity index (χ3n) is 2.33. The Balaban J connectivity index is 3.45. The first-order valence-electron chi connectivity index (χ1n) is 5.04. The van der Waals surface area contributed by atoms with Gasteiger partial charge in [-0.15, -0.1) is 0 Å². The molecule has 0 aliphatic heterocycles. The highest BCUT2D eigenvalue weighted by Gasteiger charge is 2.10. The van der Waals surface area contributed by atoms with Crippen molar-refractivity contribution in [3.05, 3.63) is 0 Å². The van der Waals surface area contributed by atoms with Crippen molar-refractivity contribution in [2.75, 3.05) is 13.2 Å². The molecule has 0 fully saturated rings. The first-order valence-corrected chi connectivity index (χ1v) is 5.04. The molecule has 80 valence electrons. The second-order valence-corrected chi connectivity index (χ2v) is 4.35. The molecule has 0 aromatic heterocycles. The molecule has 0 heterocycles. The van der Waals surface area contributed by atoms with Crippen LogP contribution in [0.3, 0.4) is 0 Å². The first-order chi connectivity index (χ1) is 5.95. The van der Waals surface area contributed by atoms with Gasteiger partial charge in [-0.1, -0.05) is 27.7 Å². The Hall–Kier alpha value is -0.120. The minimum Gasteiger partial charge on any atom is -0.378 e. The van der Waals surface area contributed by atoms with Crippen LogP contribution in [-0.4, -0.2) is 25.3 Å². The Labute approximate surface area is 81.8 Å². The van der Waals surface area contributed by atoms with Gasteiger partial charge in [0.25, 0.3) is 0 Å². The molecule has 0 spiro atoms. The highest BCUT2D eigenvalue weighted by molar-refractivity contribution is 4.67. The fourth-order valence-corrected chi connectivity index (χ4v) is 0.725.